The van der Waals surface area contributed by atoms with E-state index in [0.717, 1.165) is 49.2 Å². The largest absolute Gasteiger partial charge is 0.351 e. The Bertz CT molecular complexity index is 800. The van der Waals surface area contributed by atoms with Crippen molar-refractivity contribution in [1.29, 1.82) is 0 Å². The Kier molecular flexibility index (Phi) is 6.57. The van der Waals surface area contributed by atoms with Crippen LogP contribution in [0.2, 0.25) is 0 Å². The molecule has 152 valence electrons. The number of imidazole rings is 1. The van der Waals surface area contributed by atoms with Crippen LogP contribution in [0.3, 0.4) is 0 Å². The summed E-state index contributed by atoms with van der Waals surface area (Å²) >= 11 is 0. The maximum atomic E-state index is 12.3. The lowest BCUT2D eigenvalue weighted by molar-refractivity contribution is -0.129. The third-order valence-electron chi connectivity index (χ3n) is 5.59. The van der Waals surface area contributed by atoms with Crippen LogP contribution in [0.25, 0.3) is 11.0 Å². The summed E-state index contributed by atoms with van der Waals surface area (Å²) in [7, 11) is 0. The molecule has 2 aliphatic rings. The van der Waals surface area contributed by atoms with E-state index in [-0.39, 0.29) is 30.3 Å². The molecule has 1 aromatic carbocycles. The van der Waals surface area contributed by atoms with E-state index in [1.165, 1.54) is 0 Å². The average molecular weight is 406 g/mol. The van der Waals surface area contributed by atoms with E-state index >= 15 is 0 Å². The third-order valence-corrected chi connectivity index (χ3v) is 5.59. The normalized spacial score (nSPS) is 22.9. The molecule has 2 aromatic rings. The molecule has 1 aromatic heterocycles. The Morgan fingerprint density at radius 3 is 2.75 bits per heavy atom. The van der Waals surface area contributed by atoms with Crippen LogP contribution in [0.1, 0.15) is 44.3 Å². The maximum absolute atomic E-state index is 12.3. The first-order chi connectivity index (χ1) is 13.1. The van der Waals surface area contributed by atoms with Gasteiger partial charge in [0.25, 0.3) is 0 Å². The van der Waals surface area contributed by atoms with Gasteiger partial charge in [0.1, 0.15) is 11.9 Å². The molecule has 1 aliphatic carbocycles. The second kappa shape index (κ2) is 8.92. The van der Waals surface area contributed by atoms with Gasteiger partial charge in [-0.2, -0.15) is 0 Å². The van der Waals surface area contributed by atoms with E-state index < -0.39 is 6.04 Å². The number of hydrogen-bond acceptors (Lipinski definition) is 4. The lowest BCUT2D eigenvalue weighted by Crippen LogP contribution is -2.50. The van der Waals surface area contributed by atoms with Gasteiger partial charge in [-0.25, -0.2) is 4.98 Å². The Morgan fingerprint density at radius 1 is 1.25 bits per heavy atom. The standard InChI is InChI=1S/C20H27N5O2.ClH/c1-12(20(27)23-14-6-8-21-9-7-14)22-18(26)11-13-10-15(13)19-24-16-4-2-3-5-17(16)25-19;/h2-5,12-15,21H,6-11H2,1H3,(H,22,26)(H,23,27)(H,24,25);1H/t12?,13-,15+;/m0./s1. The first-order valence-corrected chi connectivity index (χ1v) is 9.85. The van der Waals surface area contributed by atoms with Gasteiger partial charge in [-0.3, -0.25) is 9.59 Å². The van der Waals surface area contributed by atoms with E-state index in [9.17, 15) is 9.59 Å². The molecule has 2 amide bonds. The molecule has 4 rings (SSSR count). The Balaban J connectivity index is 0.00000225. The summed E-state index contributed by atoms with van der Waals surface area (Å²) in [5.74, 6) is 1.41. The summed E-state index contributed by atoms with van der Waals surface area (Å²) in [4.78, 5) is 32.6. The van der Waals surface area contributed by atoms with Crippen molar-refractivity contribution in [1.82, 2.24) is 25.9 Å². The smallest absolute Gasteiger partial charge is 0.242 e. The first kappa shape index (κ1) is 20.6. The summed E-state index contributed by atoms with van der Waals surface area (Å²) < 4.78 is 0. The van der Waals surface area contributed by atoms with Crippen molar-refractivity contribution in [3.8, 4) is 0 Å². The number of para-hydroxylation sites is 2. The number of amides is 2. The molecule has 8 heteroatoms. The topological polar surface area (TPSA) is 98.9 Å². The second-order valence-electron chi connectivity index (χ2n) is 7.77. The summed E-state index contributed by atoms with van der Waals surface area (Å²) in [6.07, 6.45) is 3.27. The zero-order valence-electron chi connectivity index (χ0n) is 16.0. The van der Waals surface area contributed by atoms with Crippen molar-refractivity contribution in [3.63, 3.8) is 0 Å². The number of halogens is 1. The number of hydrogen-bond donors (Lipinski definition) is 4. The Hall–Kier alpha value is -2.12. The number of carbonyl (C=O) groups excluding carboxylic acids is 2. The van der Waals surface area contributed by atoms with Crippen molar-refractivity contribution in [2.24, 2.45) is 5.92 Å². The van der Waals surface area contributed by atoms with E-state index in [2.05, 4.69) is 25.9 Å². The summed E-state index contributed by atoms with van der Waals surface area (Å²) in [6.45, 7) is 3.60. The maximum Gasteiger partial charge on any atom is 0.242 e. The molecule has 0 radical (unpaired) electrons. The number of carbonyl (C=O) groups is 2. The molecule has 2 fully saturated rings. The van der Waals surface area contributed by atoms with Gasteiger partial charge in [-0.05, 0) is 57.3 Å². The van der Waals surface area contributed by atoms with Crippen molar-refractivity contribution in [3.05, 3.63) is 30.1 Å². The van der Waals surface area contributed by atoms with Crippen LogP contribution in [0, 0.1) is 5.92 Å². The molecule has 4 N–H and O–H groups in total. The predicted octanol–water partition coefficient (Wildman–Crippen LogP) is 1.85. The zero-order chi connectivity index (χ0) is 18.8. The number of aromatic nitrogens is 2. The van der Waals surface area contributed by atoms with E-state index in [1.807, 2.05) is 24.3 Å². The predicted molar refractivity (Wildman–Crippen MR) is 110 cm³/mol. The quantitative estimate of drug-likeness (QED) is 0.589. The number of rotatable bonds is 6. The van der Waals surface area contributed by atoms with Crippen LogP contribution >= 0.6 is 12.4 Å². The molecule has 0 spiro atoms. The molecule has 2 heterocycles. The van der Waals surface area contributed by atoms with Gasteiger partial charge in [0.05, 0.1) is 11.0 Å². The van der Waals surface area contributed by atoms with Gasteiger partial charge in [0.2, 0.25) is 11.8 Å². The van der Waals surface area contributed by atoms with Gasteiger partial charge in [0.15, 0.2) is 0 Å². The fraction of sp³-hybridized carbons (Fsp3) is 0.550. The fourth-order valence-electron chi connectivity index (χ4n) is 3.85. The van der Waals surface area contributed by atoms with E-state index in [0.29, 0.717) is 18.3 Å². The lowest BCUT2D eigenvalue weighted by atomic mass is 10.1. The van der Waals surface area contributed by atoms with E-state index in [4.69, 9.17) is 0 Å². The minimum atomic E-state index is -0.504. The number of nitrogens with one attached hydrogen (secondary N) is 4. The highest BCUT2D eigenvalue weighted by molar-refractivity contribution is 5.87. The van der Waals surface area contributed by atoms with Crippen LogP contribution < -0.4 is 16.0 Å². The van der Waals surface area contributed by atoms with Crippen LogP contribution in [-0.2, 0) is 9.59 Å². The molecule has 1 unspecified atom stereocenters. The molecule has 1 saturated heterocycles. The number of nitrogens with zero attached hydrogens (tertiary/aromatic N) is 1. The van der Waals surface area contributed by atoms with Crippen molar-refractivity contribution in [2.75, 3.05) is 13.1 Å². The molecule has 0 bridgehead atoms. The number of fused-ring (bicyclic) bond motifs is 1. The molecule has 1 aliphatic heterocycles. The SMILES string of the molecule is CC(NC(=O)C[C@@H]1C[C@H]1c1nc2ccccc2[nH]1)C(=O)NC1CCNCC1.Cl. The number of benzene rings is 1. The van der Waals surface area contributed by atoms with Gasteiger partial charge in [-0.1, -0.05) is 12.1 Å². The minimum Gasteiger partial charge on any atom is -0.351 e. The first-order valence-electron chi connectivity index (χ1n) is 9.85. The monoisotopic (exact) mass is 405 g/mol. The zero-order valence-corrected chi connectivity index (χ0v) is 16.8. The van der Waals surface area contributed by atoms with Crippen LogP contribution in [0.15, 0.2) is 24.3 Å². The van der Waals surface area contributed by atoms with Gasteiger partial charge in [0, 0.05) is 18.4 Å². The molecular weight excluding hydrogens is 378 g/mol. The summed E-state index contributed by atoms with van der Waals surface area (Å²) in [6, 6.07) is 7.66. The number of H-pyrrole nitrogens is 1. The highest BCUT2D eigenvalue weighted by Crippen LogP contribution is 2.48. The molecule has 3 atom stereocenters. The van der Waals surface area contributed by atoms with Gasteiger partial charge >= 0.3 is 0 Å². The molecule has 1 saturated carbocycles. The summed E-state index contributed by atoms with van der Waals surface area (Å²) in [5.41, 5.74) is 2.00. The highest BCUT2D eigenvalue weighted by Gasteiger charge is 2.42. The van der Waals surface area contributed by atoms with E-state index in [1.54, 1.807) is 6.92 Å². The van der Waals surface area contributed by atoms with Crippen LogP contribution in [0.5, 0.6) is 0 Å². The lowest BCUT2D eigenvalue weighted by Gasteiger charge is -2.25. The minimum absolute atomic E-state index is 0. The van der Waals surface area contributed by atoms with Crippen LogP contribution in [0.4, 0.5) is 0 Å². The summed E-state index contributed by atoms with van der Waals surface area (Å²) in [5, 5.41) is 9.15. The van der Waals surface area contributed by atoms with Crippen LogP contribution in [-0.4, -0.2) is 47.0 Å². The average Bonchev–Trinajstić information content (AvgIpc) is 3.28. The van der Waals surface area contributed by atoms with Gasteiger partial charge < -0.3 is 20.9 Å². The van der Waals surface area contributed by atoms with Gasteiger partial charge in [-0.15, -0.1) is 12.4 Å². The third kappa shape index (κ3) is 4.83. The Labute approximate surface area is 170 Å². The van der Waals surface area contributed by atoms with Crippen molar-refractivity contribution < 1.29 is 9.59 Å². The number of aromatic amines is 1. The van der Waals surface area contributed by atoms with Crippen molar-refractivity contribution in [2.45, 2.75) is 50.6 Å². The molecular formula is C20H28ClN5O2. The Morgan fingerprint density at radius 2 is 2.00 bits per heavy atom. The molecule has 28 heavy (non-hydrogen) atoms. The van der Waals surface area contributed by atoms with Crippen molar-refractivity contribution >= 4 is 35.3 Å². The second-order valence-corrected chi connectivity index (χ2v) is 7.77. The highest BCUT2D eigenvalue weighted by atomic mass is 35.5. The molecule has 7 nitrogen and oxygen atoms in total. The number of piperidine rings is 1. The fourth-order valence-corrected chi connectivity index (χ4v) is 3.85.